The van der Waals surface area contributed by atoms with Gasteiger partial charge >= 0.3 is 0 Å². The van der Waals surface area contributed by atoms with E-state index in [9.17, 15) is 4.39 Å². The average Bonchev–Trinajstić information content (AvgIpc) is 3.01. The van der Waals surface area contributed by atoms with Gasteiger partial charge in [0.15, 0.2) is 5.82 Å². The van der Waals surface area contributed by atoms with Crippen LogP contribution in [0.15, 0.2) is 18.3 Å². The lowest BCUT2D eigenvalue weighted by Crippen LogP contribution is -2.44. The van der Waals surface area contributed by atoms with E-state index in [0.29, 0.717) is 6.04 Å². The predicted molar refractivity (Wildman–Crippen MR) is 93.2 cm³/mol. The van der Waals surface area contributed by atoms with E-state index in [2.05, 4.69) is 14.8 Å². The number of halogens is 1. The number of ether oxygens (including phenoxy) is 2. The lowest BCUT2D eigenvalue weighted by Gasteiger charge is -2.34. The molecule has 0 spiro atoms. The first-order valence-electron chi connectivity index (χ1n) is 9.66. The Hall–Kier alpha value is -1.24. The Morgan fingerprint density at radius 3 is 2.92 bits per heavy atom. The van der Waals surface area contributed by atoms with Gasteiger partial charge in [-0.2, -0.15) is 0 Å². The van der Waals surface area contributed by atoms with Crippen LogP contribution < -0.4 is 4.74 Å². The lowest BCUT2D eigenvalue weighted by molar-refractivity contribution is -0.0485. The zero-order chi connectivity index (χ0) is 17.1. The van der Waals surface area contributed by atoms with Gasteiger partial charge in [-0.1, -0.05) is 6.42 Å². The van der Waals surface area contributed by atoms with Crippen LogP contribution in [0, 0.1) is 5.82 Å². The fraction of sp³-hybridized carbons (Fsp3) is 0.737. The molecule has 0 bridgehead atoms. The van der Waals surface area contributed by atoms with Gasteiger partial charge in [0.2, 0.25) is 0 Å². The van der Waals surface area contributed by atoms with E-state index in [1.165, 1.54) is 38.4 Å². The molecule has 4 heterocycles. The van der Waals surface area contributed by atoms with Crippen molar-refractivity contribution in [3.05, 3.63) is 24.1 Å². The zero-order valence-electron chi connectivity index (χ0n) is 14.8. The van der Waals surface area contributed by atoms with Gasteiger partial charge in [-0.15, -0.1) is 0 Å². The Morgan fingerprint density at radius 2 is 2.08 bits per heavy atom. The van der Waals surface area contributed by atoms with Crippen molar-refractivity contribution in [3.8, 4) is 5.88 Å². The maximum atomic E-state index is 13.9. The van der Waals surface area contributed by atoms with Gasteiger partial charge in [0.25, 0.3) is 5.88 Å². The van der Waals surface area contributed by atoms with Crippen molar-refractivity contribution in [2.75, 3.05) is 39.3 Å². The second kappa shape index (κ2) is 7.98. The molecule has 3 atom stereocenters. The molecule has 0 N–H and O–H groups in total. The summed E-state index contributed by atoms with van der Waals surface area (Å²) in [5.41, 5.74) is 0. The summed E-state index contributed by atoms with van der Waals surface area (Å²) in [4.78, 5) is 9.10. The van der Waals surface area contributed by atoms with Crippen molar-refractivity contribution in [3.63, 3.8) is 0 Å². The van der Waals surface area contributed by atoms with Crippen molar-refractivity contribution in [2.45, 2.75) is 50.4 Å². The van der Waals surface area contributed by atoms with Gasteiger partial charge in [-0.25, -0.2) is 9.37 Å². The summed E-state index contributed by atoms with van der Waals surface area (Å²) in [5.74, 6) is -0.306. The van der Waals surface area contributed by atoms with E-state index in [1.54, 1.807) is 12.3 Å². The highest BCUT2D eigenvalue weighted by atomic mass is 19.1. The highest BCUT2D eigenvalue weighted by molar-refractivity contribution is 5.14. The third-order valence-corrected chi connectivity index (χ3v) is 5.72. The number of rotatable bonds is 5. The number of hydrogen-bond donors (Lipinski definition) is 0. The number of fused-ring (bicyclic) bond motifs is 1. The van der Waals surface area contributed by atoms with Crippen LogP contribution in [-0.4, -0.2) is 72.4 Å². The van der Waals surface area contributed by atoms with E-state index in [0.717, 1.165) is 39.1 Å². The standard InChI is InChI=1S/C19H28FN3O2/c20-15-6-4-8-21-19(15)25-17-14-23(16-7-5-13-24-18(16)17)12-11-22-9-2-1-3-10-22/h4,6,8,16-18H,1-3,5,7,9-14H2/t16-,17+,18+/m0/s1. The summed E-state index contributed by atoms with van der Waals surface area (Å²) in [6, 6.07) is 3.36. The Labute approximate surface area is 149 Å². The molecule has 5 nitrogen and oxygen atoms in total. The minimum Gasteiger partial charge on any atom is -0.468 e. The van der Waals surface area contributed by atoms with Crippen molar-refractivity contribution in [1.29, 1.82) is 0 Å². The predicted octanol–water partition coefficient (Wildman–Crippen LogP) is 2.32. The van der Waals surface area contributed by atoms with Crippen LogP contribution in [0.2, 0.25) is 0 Å². The molecule has 3 fully saturated rings. The van der Waals surface area contributed by atoms with Gasteiger partial charge in [0.1, 0.15) is 12.2 Å². The highest BCUT2D eigenvalue weighted by Gasteiger charge is 2.45. The van der Waals surface area contributed by atoms with E-state index < -0.39 is 5.82 Å². The average molecular weight is 349 g/mol. The van der Waals surface area contributed by atoms with Crippen molar-refractivity contribution in [1.82, 2.24) is 14.8 Å². The summed E-state index contributed by atoms with van der Waals surface area (Å²) in [6.45, 7) is 6.14. The number of pyridine rings is 1. The Balaban J connectivity index is 1.39. The molecule has 138 valence electrons. The minimum atomic E-state index is -0.401. The number of likely N-dealkylation sites (tertiary alicyclic amines) is 2. The summed E-state index contributed by atoms with van der Waals surface area (Å²) in [6.07, 6.45) is 7.68. The largest absolute Gasteiger partial charge is 0.468 e. The van der Waals surface area contributed by atoms with Gasteiger partial charge in [0, 0.05) is 38.5 Å². The first-order valence-corrected chi connectivity index (χ1v) is 9.66. The van der Waals surface area contributed by atoms with Crippen LogP contribution in [0.3, 0.4) is 0 Å². The third kappa shape index (κ3) is 3.96. The summed E-state index contributed by atoms with van der Waals surface area (Å²) >= 11 is 0. The minimum absolute atomic E-state index is 0.0245. The van der Waals surface area contributed by atoms with E-state index in [1.807, 2.05) is 0 Å². The van der Waals surface area contributed by atoms with Crippen LogP contribution >= 0.6 is 0 Å². The number of nitrogens with zero attached hydrogens (tertiary/aromatic N) is 3. The molecule has 3 aliphatic rings. The molecule has 6 heteroatoms. The molecule has 0 unspecified atom stereocenters. The molecule has 1 aromatic heterocycles. The van der Waals surface area contributed by atoms with Crippen LogP contribution in [0.4, 0.5) is 4.39 Å². The molecular weight excluding hydrogens is 321 g/mol. The number of aromatic nitrogens is 1. The van der Waals surface area contributed by atoms with E-state index >= 15 is 0 Å². The van der Waals surface area contributed by atoms with E-state index in [4.69, 9.17) is 9.47 Å². The first kappa shape index (κ1) is 17.2. The Kier molecular flexibility index (Phi) is 5.48. The highest BCUT2D eigenvalue weighted by Crippen LogP contribution is 2.31. The first-order chi connectivity index (χ1) is 12.3. The number of hydrogen-bond acceptors (Lipinski definition) is 5. The lowest BCUT2D eigenvalue weighted by atomic mass is 10.0. The molecule has 0 radical (unpaired) electrons. The van der Waals surface area contributed by atoms with Crippen LogP contribution in [0.1, 0.15) is 32.1 Å². The normalized spacial score (nSPS) is 31.0. The van der Waals surface area contributed by atoms with Crippen LogP contribution in [0.25, 0.3) is 0 Å². The van der Waals surface area contributed by atoms with Gasteiger partial charge in [-0.05, 0) is 50.9 Å². The maximum absolute atomic E-state index is 13.9. The maximum Gasteiger partial charge on any atom is 0.250 e. The summed E-state index contributed by atoms with van der Waals surface area (Å²) in [5, 5.41) is 0. The molecule has 3 saturated heterocycles. The molecule has 0 saturated carbocycles. The molecule has 0 aliphatic carbocycles. The second-order valence-corrected chi connectivity index (χ2v) is 7.39. The molecular formula is C19H28FN3O2. The molecule has 25 heavy (non-hydrogen) atoms. The monoisotopic (exact) mass is 349 g/mol. The summed E-state index contributed by atoms with van der Waals surface area (Å²) < 4.78 is 25.9. The van der Waals surface area contributed by atoms with Crippen molar-refractivity contribution in [2.24, 2.45) is 0 Å². The molecule has 1 aromatic rings. The Morgan fingerprint density at radius 1 is 1.20 bits per heavy atom. The fourth-order valence-electron chi connectivity index (χ4n) is 4.42. The third-order valence-electron chi connectivity index (χ3n) is 5.72. The molecule has 0 amide bonds. The molecule has 3 aliphatic heterocycles. The van der Waals surface area contributed by atoms with Crippen molar-refractivity contribution >= 4 is 0 Å². The van der Waals surface area contributed by atoms with Gasteiger partial charge in [0.05, 0.1) is 0 Å². The smallest absolute Gasteiger partial charge is 0.250 e. The second-order valence-electron chi connectivity index (χ2n) is 7.39. The fourth-order valence-corrected chi connectivity index (χ4v) is 4.42. The van der Waals surface area contributed by atoms with Crippen LogP contribution in [-0.2, 0) is 4.74 Å². The number of piperidine rings is 1. The molecule has 4 rings (SSSR count). The van der Waals surface area contributed by atoms with Gasteiger partial charge < -0.3 is 14.4 Å². The van der Waals surface area contributed by atoms with Crippen LogP contribution in [0.5, 0.6) is 5.88 Å². The topological polar surface area (TPSA) is 37.8 Å². The van der Waals surface area contributed by atoms with Crippen molar-refractivity contribution < 1.29 is 13.9 Å². The zero-order valence-corrected chi connectivity index (χ0v) is 14.8. The van der Waals surface area contributed by atoms with Gasteiger partial charge in [-0.3, -0.25) is 4.90 Å². The molecule has 0 aromatic carbocycles. The quantitative estimate of drug-likeness (QED) is 0.816. The summed E-state index contributed by atoms with van der Waals surface area (Å²) in [7, 11) is 0. The Bertz CT molecular complexity index is 567. The van der Waals surface area contributed by atoms with E-state index in [-0.39, 0.29) is 18.1 Å². The SMILES string of the molecule is Fc1cccnc1O[C@@H]1CN(CCN2CCCCC2)[C@H]2CCCO[C@@H]12.